The minimum absolute atomic E-state index is 0.254. The summed E-state index contributed by atoms with van der Waals surface area (Å²) < 4.78 is 11.7. The summed E-state index contributed by atoms with van der Waals surface area (Å²) in [5, 5.41) is 3.80. The third kappa shape index (κ3) is 4.29. The number of hydrogen-bond acceptors (Lipinski definition) is 3. The Morgan fingerprint density at radius 2 is 1.86 bits per heavy atom. The average molecular weight is 392 g/mol. The lowest BCUT2D eigenvalue weighted by molar-refractivity contribution is 0.303. The molecule has 0 spiro atoms. The molecule has 1 heterocycles. The molecule has 3 nitrogen and oxygen atoms in total. The molecule has 2 aromatic rings. The number of methoxy groups -OCH3 is 1. The minimum Gasteiger partial charge on any atom is -0.496 e. The smallest absolute Gasteiger partial charge is 0.124 e. The first-order valence-corrected chi connectivity index (χ1v) is 11.1. The van der Waals surface area contributed by atoms with Crippen LogP contribution in [0.25, 0.3) is 0 Å². The maximum Gasteiger partial charge on any atom is 0.124 e. The molecule has 3 atom stereocenters. The first kappa shape index (κ1) is 19.9. The van der Waals surface area contributed by atoms with E-state index in [0.29, 0.717) is 11.8 Å². The highest BCUT2D eigenvalue weighted by Crippen LogP contribution is 2.51. The van der Waals surface area contributed by atoms with Crippen LogP contribution in [0.15, 0.2) is 54.6 Å². The van der Waals surface area contributed by atoms with Gasteiger partial charge < -0.3 is 14.8 Å². The number of ether oxygens (including phenoxy) is 2. The first-order valence-electron chi connectivity index (χ1n) is 11.1. The number of anilines is 1. The van der Waals surface area contributed by atoms with Crippen LogP contribution in [0.1, 0.15) is 68.5 Å². The molecular formula is C26H33NO2. The lowest BCUT2D eigenvalue weighted by atomic mass is 9.77. The highest BCUT2D eigenvalue weighted by atomic mass is 16.5. The third-order valence-electron chi connectivity index (χ3n) is 6.32. The van der Waals surface area contributed by atoms with Crippen LogP contribution in [0.2, 0.25) is 0 Å². The van der Waals surface area contributed by atoms with E-state index in [9.17, 15) is 0 Å². The number of nitrogens with one attached hydrogen (secondary N) is 1. The molecule has 3 unspecified atom stereocenters. The molecule has 0 amide bonds. The summed E-state index contributed by atoms with van der Waals surface area (Å²) in [5.41, 5.74) is 3.81. The van der Waals surface area contributed by atoms with Crippen LogP contribution in [0.5, 0.6) is 11.5 Å². The van der Waals surface area contributed by atoms with Gasteiger partial charge in [0, 0.05) is 17.2 Å². The molecule has 154 valence electrons. The summed E-state index contributed by atoms with van der Waals surface area (Å²) in [6.45, 7) is 3.06. The van der Waals surface area contributed by atoms with Crippen molar-refractivity contribution in [3.8, 4) is 11.5 Å². The zero-order valence-electron chi connectivity index (χ0n) is 17.7. The highest BCUT2D eigenvalue weighted by molar-refractivity contribution is 5.62. The monoisotopic (exact) mass is 391 g/mol. The molecule has 1 aliphatic heterocycles. The molecule has 0 bridgehead atoms. The first-order chi connectivity index (χ1) is 14.3. The van der Waals surface area contributed by atoms with E-state index < -0.39 is 0 Å². The Kier molecular flexibility index (Phi) is 6.43. The standard InChI is InChI=1S/C26H33NO2/c1-3-4-5-6-9-17-29-19-15-16-24-23(18-19)20-12-10-13-21(20)26(27-24)22-11-7-8-14-25(22)28-2/h7-8,10-12,14-16,18,20-21,26-27H,3-6,9,13,17H2,1-2H3. The molecule has 4 rings (SSSR count). The molecule has 3 heteroatoms. The van der Waals surface area contributed by atoms with Gasteiger partial charge in [-0.1, -0.05) is 63.0 Å². The molecule has 2 aromatic carbocycles. The van der Waals surface area contributed by atoms with Gasteiger partial charge in [-0.15, -0.1) is 0 Å². The number of allylic oxidation sites excluding steroid dienone is 2. The summed E-state index contributed by atoms with van der Waals surface area (Å²) >= 11 is 0. The van der Waals surface area contributed by atoms with Crippen LogP contribution in [0, 0.1) is 5.92 Å². The fourth-order valence-electron chi connectivity index (χ4n) is 4.79. The lowest BCUT2D eigenvalue weighted by Crippen LogP contribution is -2.29. The van der Waals surface area contributed by atoms with E-state index in [1.807, 2.05) is 6.07 Å². The lowest BCUT2D eigenvalue weighted by Gasteiger charge is -2.38. The molecule has 0 fully saturated rings. The Hall–Kier alpha value is -2.42. The van der Waals surface area contributed by atoms with E-state index in [0.717, 1.165) is 30.9 Å². The second kappa shape index (κ2) is 9.39. The van der Waals surface area contributed by atoms with Crippen molar-refractivity contribution in [1.29, 1.82) is 0 Å². The quantitative estimate of drug-likeness (QED) is 0.374. The van der Waals surface area contributed by atoms with Crippen molar-refractivity contribution in [3.63, 3.8) is 0 Å². The zero-order valence-corrected chi connectivity index (χ0v) is 17.7. The minimum atomic E-state index is 0.254. The van der Waals surface area contributed by atoms with E-state index in [2.05, 4.69) is 60.8 Å². The number of para-hydroxylation sites is 1. The van der Waals surface area contributed by atoms with E-state index in [-0.39, 0.29) is 6.04 Å². The second-order valence-corrected chi connectivity index (χ2v) is 8.23. The molecule has 2 aliphatic rings. The van der Waals surface area contributed by atoms with Crippen molar-refractivity contribution < 1.29 is 9.47 Å². The third-order valence-corrected chi connectivity index (χ3v) is 6.32. The van der Waals surface area contributed by atoms with Crippen molar-refractivity contribution in [3.05, 3.63) is 65.7 Å². The molecule has 1 aliphatic carbocycles. The summed E-state index contributed by atoms with van der Waals surface area (Å²) in [6, 6.07) is 15.2. The number of benzene rings is 2. The van der Waals surface area contributed by atoms with E-state index >= 15 is 0 Å². The van der Waals surface area contributed by atoms with Gasteiger partial charge in [0.25, 0.3) is 0 Å². The van der Waals surface area contributed by atoms with Gasteiger partial charge >= 0.3 is 0 Å². The van der Waals surface area contributed by atoms with Gasteiger partial charge in [0.15, 0.2) is 0 Å². The molecule has 0 saturated heterocycles. The molecule has 0 saturated carbocycles. The predicted molar refractivity (Wildman–Crippen MR) is 120 cm³/mol. The molecule has 0 aromatic heterocycles. The van der Waals surface area contributed by atoms with Gasteiger partial charge in [0.1, 0.15) is 11.5 Å². The molecule has 0 radical (unpaired) electrons. The Labute approximate surface area is 175 Å². The molecule has 29 heavy (non-hydrogen) atoms. The topological polar surface area (TPSA) is 30.5 Å². The van der Waals surface area contributed by atoms with E-state index in [1.165, 1.54) is 42.5 Å². The van der Waals surface area contributed by atoms with Gasteiger partial charge in [-0.05, 0) is 48.6 Å². The second-order valence-electron chi connectivity index (χ2n) is 8.23. The number of fused-ring (bicyclic) bond motifs is 3. The van der Waals surface area contributed by atoms with E-state index in [1.54, 1.807) is 7.11 Å². The number of unbranched alkanes of at least 4 members (excludes halogenated alkanes) is 4. The fraction of sp³-hybridized carbons (Fsp3) is 0.462. The average Bonchev–Trinajstić information content (AvgIpc) is 3.26. The number of hydrogen-bond donors (Lipinski definition) is 1. The van der Waals surface area contributed by atoms with Crippen LogP contribution in [0.4, 0.5) is 5.69 Å². The highest BCUT2D eigenvalue weighted by Gasteiger charge is 2.39. The fourth-order valence-corrected chi connectivity index (χ4v) is 4.79. The van der Waals surface area contributed by atoms with E-state index in [4.69, 9.17) is 9.47 Å². The normalized spacial score (nSPS) is 21.9. The van der Waals surface area contributed by atoms with Gasteiger partial charge in [0.05, 0.1) is 19.8 Å². The van der Waals surface area contributed by atoms with Gasteiger partial charge in [-0.3, -0.25) is 0 Å². The van der Waals surface area contributed by atoms with Crippen LogP contribution in [0.3, 0.4) is 0 Å². The summed E-state index contributed by atoms with van der Waals surface area (Å²) in [5.74, 6) is 2.88. The largest absolute Gasteiger partial charge is 0.496 e. The Morgan fingerprint density at radius 1 is 1.00 bits per heavy atom. The maximum atomic E-state index is 6.08. The van der Waals surface area contributed by atoms with Crippen molar-refractivity contribution >= 4 is 5.69 Å². The van der Waals surface area contributed by atoms with Crippen LogP contribution in [-0.4, -0.2) is 13.7 Å². The SMILES string of the molecule is CCCCCCCOc1ccc2c(c1)C1C=CCC1C(c1ccccc1OC)N2. The Morgan fingerprint density at radius 3 is 2.72 bits per heavy atom. The van der Waals surface area contributed by atoms with Crippen molar-refractivity contribution in [2.45, 2.75) is 57.4 Å². The maximum absolute atomic E-state index is 6.08. The van der Waals surface area contributed by atoms with Gasteiger partial charge in [0.2, 0.25) is 0 Å². The number of rotatable bonds is 9. The summed E-state index contributed by atoms with van der Waals surface area (Å²) in [6.07, 6.45) is 12.1. The van der Waals surface area contributed by atoms with Crippen molar-refractivity contribution in [2.24, 2.45) is 5.92 Å². The van der Waals surface area contributed by atoms with Gasteiger partial charge in [-0.2, -0.15) is 0 Å². The Bertz CT molecular complexity index is 844. The Balaban J connectivity index is 1.50. The predicted octanol–water partition coefficient (Wildman–Crippen LogP) is 6.87. The van der Waals surface area contributed by atoms with Crippen LogP contribution < -0.4 is 14.8 Å². The molecular weight excluding hydrogens is 358 g/mol. The van der Waals surface area contributed by atoms with Crippen LogP contribution >= 0.6 is 0 Å². The molecule has 1 N–H and O–H groups in total. The summed E-state index contributed by atoms with van der Waals surface area (Å²) in [4.78, 5) is 0. The summed E-state index contributed by atoms with van der Waals surface area (Å²) in [7, 11) is 1.76. The van der Waals surface area contributed by atoms with Crippen molar-refractivity contribution in [1.82, 2.24) is 0 Å². The van der Waals surface area contributed by atoms with Crippen molar-refractivity contribution in [2.75, 3.05) is 19.0 Å². The zero-order chi connectivity index (χ0) is 20.1. The van der Waals surface area contributed by atoms with Crippen LogP contribution in [-0.2, 0) is 0 Å². The van der Waals surface area contributed by atoms with Gasteiger partial charge in [-0.25, -0.2) is 0 Å².